The average molecular weight is 625 g/mol. The molecule has 2 aromatic carbocycles. The lowest BCUT2D eigenvalue weighted by Gasteiger charge is -2.30. The summed E-state index contributed by atoms with van der Waals surface area (Å²) in [5, 5.41) is 13.7. The number of nitrogens with zero attached hydrogens (tertiary/aromatic N) is 4. The number of fused-ring (bicyclic) bond motifs is 3. The quantitative estimate of drug-likeness (QED) is 0.215. The Bertz CT molecular complexity index is 1730. The molecule has 0 radical (unpaired) electrons. The number of rotatable bonds is 9. The molecule has 6 rings (SSSR count). The number of aromatic nitrogens is 3. The Hall–Kier alpha value is -4.81. The molecule has 5 N–H and O–H groups in total. The van der Waals surface area contributed by atoms with E-state index in [1.54, 1.807) is 31.5 Å². The molecule has 0 saturated carbocycles. The summed E-state index contributed by atoms with van der Waals surface area (Å²) in [5.41, 5.74) is 10.2. The number of carbonyl (C=O) groups is 2. The minimum atomic E-state index is -0.467. The maximum atomic E-state index is 13.5. The zero-order valence-electron chi connectivity index (χ0n) is 26.6. The van der Waals surface area contributed by atoms with Gasteiger partial charge in [-0.25, -0.2) is 9.97 Å². The molecule has 1 saturated heterocycles. The van der Waals surface area contributed by atoms with Crippen molar-refractivity contribution in [3.63, 3.8) is 0 Å². The molecule has 12 nitrogen and oxygen atoms in total. The molecule has 2 aliphatic rings. The van der Waals surface area contributed by atoms with Crippen molar-refractivity contribution < 1.29 is 18.8 Å². The largest absolute Gasteiger partial charge is 0.495 e. The van der Waals surface area contributed by atoms with Crippen LogP contribution < -0.4 is 26.4 Å². The third-order valence-electron chi connectivity index (χ3n) is 8.80. The number of amides is 2. The number of hydrogen-bond donors (Lipinski definition) is 4. The van der Waals surface area contributed by atoms with Crippen molar-refractivity contribution in [2.24, 2.45) is 5.73 Å². The van der Waals surface area contributed by atoms with E-state index in [1.807, 2.05) is 44.2 Å². The van der Waals surface area contributed by atoms with Crippen LogP contribution in [0, 0.1) is 0 Å². The first-order chi connectivity index (χ1) is 22.2. The number of carbonyl (C=O) groups excluding carboxylic acids is 2. The van der Waals surface area contributed by atoms with Crippen molar-refractivity contribution in [3.8, 4) is 17.1 Å². The Balaban J connectivity index is 1.23. The second-order valence-corrected chi connectivity index (χ2v) is 12.6. The predicted molar refractivity (Wildman–Crippen MR) is 174 cm³/mol. The van der Waals surface area contributed by atoms with E-state index in [0.29, 0.717) is 46.3 Å². The monoisotopic (exact) mass is 624 g/mol. The minimum absolute atomic E-state index is 0.132. The third-order valence-corrected chi connectivity index (χ3v) is 8.80. The molecule has 0 spiro atoms. The van der Waals surface area contributed by atoms with Gasteiger partial charge < -0.3 is 35.8 Å². The summed E-state index contributed by atoms with van der Waals surface area (Å²) in [6, 6.07) is 14.6. The Morgan fingerprint density at radius 3 is 2.59 bits per heavy atom. The molecule has 1 aliphatic heterocycles. The van der Waals surface area contributed by atoms with Crippen LogP contribution in [0.4, 0.5) is 11.6 Å². The summed E-state index contributed by atoms with van der Waals surface area (Å²) >= 11 is 0. The highest BCUT2D eigenvalue weighted by molar-refractivity contribution is 5.96. The molecule has 1 atom stereocenters. The summed E-state index contributed by atoms with van der Waals surface area (Å²) in [5.74, 6) is 0.414. The first kappa shape index (κ1) is 31.2. The Morgan fingerprint density at radius 1 is 1.11 bits per heavy atom. The molecule has 1 aliphatic carbocycles. The van der Waals surface area contributed by atoms with Crippen LogP contribution in [0.15, 0.2) is 59.3 Å². The molecule has 12 heteroatoms. The second kappa shape index (κ2) is 12.9. The fourth-order valence-electron chi connectivity index (χ4n) is 6.27. The van der Waals surface area contributed by atoms with Crippen molar-refractivity contribution in [2.75, 3.05) is 39.1 Å². The number of anilines is 2. The van der Waals surface area contributed by atoms with Gasteiger partial charge in [-0.15, -0.1) is 0 Å². The van der Waals surface area contributed by atoms with E-state index in [-0.39, 0.29) is 36.2 Å². The normalized spacial score (nSPS) is 16.5. The van der Waals surface area contributed by atoms with Gasteiger partial charge in [-0.1, -0.05) is 49.3 Å². The van der Waals surface area contributed by atoms with E-state index in [9.17, 15) is 9.59 Å². The Morgan fingerprint density at radius 2 is 1.87 bits per heavy atom. The summed E-state index contributed by atoms with van der Waals surface area (Å²) in [7, 11) is 3.64. The van der Waals surface area contributed by atoms with Crippen molar-refractivity contribution in [2.45, 2.75) is 50.6 Å². The number of piperidine rings is 1. The van der Waals surface area contributed by atoms with Gasteiger partial charge in [-0.3, -0.25) is 9.59 Å². The number of benzene rings is 2. The molecule has 2 amide bonds. The lowest BCUT2D eigenvalue weighted by Crippen LogP contribution is -2.43. The smallest absolute Gasteiger partial charge is 0.290 e. The van der Waals surface area contributed by atoms with Gasteiger partial charge >= 0.3 is 0 Å². The minimum Gasteiger partial charge on any atom is -0.495 e. The Kier molecular flexibility index (Phi) is 8.74. The van der Waals surface area contributed by atoms with Crippen LogP contribution in [0.5, 0.6) is 5.75 Å². The summed E-state index contributed by atoms with van der Waals surface area (Å²) in [4.78, 5) is 38.1. The number of hydrogen-bond acceptors (Lipinski definition) is 10. The summed E-state index contributed by atoms with van der Waals surface area (Å²) in [6.07, 6.45) is 4.19. The zero-order chi connectivity index (χ0) is 32.4. The number of nitrogens with two attached hydrogens (primary N) is 1. The summed E-state index contributed by atoms with van der Waals surface area (Å²) < 4.78 is 11.3. The fraction of sp³-hybridized carbons (Fsp3) is 0.382. The van der Waals surface area contributed by atoms with Gasteiger partial charge in [-0.2, -0.15) is 0 Å². The molecular weight excluding hydrogens is 584 g/mol. The number of likely N-dealkylation sites (tertiary alicyclic amines) is 1. The molecule has 0 unspecified atom stereocenters. The summed E-state index contributed by atoms with van der Waals surface area (Å²) in [6.45, 7) is 6.24. The van der Waals surface area contributed by atoms with Crippen molar-refractivity contribution in [3.05, 3.63) is 82.7 Å². The van der Waals surface area contributed by atoms with E-state index < -0.39 is 5.41 Å². The van der Waals surface area contributed by atoms with Crippen LogP contribution in [-0.4, -0.2) is 71.7 Å². The lowest BCUT2D eigenvalue weighted by molar-refractivity contribution is 0.0894. The van der Waals surface area contributed by atoms with Gasteiger partial charge in [0.2, 0.25) is 11.7 Å². The maximum Gasteiger partial charge on any atom is 0.290 e. The number of nitrogens with one attached hydrogen (secondary N) is 3. The van der Waals surface area contributed by atoms with Gasteiger partial charge in [0.05, 0.1) is 18.8 Å². The van der Waals surface area contributed by atoms with E-state index in [1.165, 1.54) is 0 Å². The van der Waals surface area contributed by atoms with Crippen molar-refractivity contribution in [1.29, 1.82) is 0 Å². The van der Waals surface area contributed by atoms with Crippen LogP contribution in [0.3, 0.4) is 0 Å². The molecule has 46 heavy (non-hydrogen) atoms. The molecule has 1 fully saturated rings. The average Bonchev–Trinajstić information content (AvgIpc) is 3.53. The Labute approximate surface area is 268 Å². The van der Waals surface area contributed by atoms with Gasteiger partial charge in [0.25, 0.3) is 11.8 Å². The van der Waals surface area contributed by atoms with Crippen LogP contribution in [0.2, 0.25) is 0 Å². The predicted octanol–water partition coefficient (Wildman–Crippen LogP) is 3.97. The van der Waals surface area contributed by atoms with Crippen molar-refractivity contribution >= 4 is 23.5 Å². The van der Waals surface area contributed by atoms with E-state index in [2.05, 4.69) is 38.0 Å². The number of ether oxygens (including phenoxy) is 1. The highest BCUT2D eigenvalue weighted by atomic mass is 16.5. The van der Waals surface area contributed by atoms with E-state index in [4.69, 9.17) is 20.0 Å². The molecular formula is C34H40N8O4. The maximum absolute atomic E-state index is 13.5. The van der Waals surface area contributed by atoms with Crippen LogP contribution in [-0.2, 0) is 11.8 Å². The number of methoxy groups -OCH3 is 1. The highest BCUT2D eigenvalue weighted by Gasteiger charge is 2.40. The zero-order valence-corrected chi connectivity index (χ0v) is 26.6. The topological polar surface area (TPSA) is 161 Å². The van der Waals surface area contributed by atoms with Gasteiger partial charge in [0, 0.05) is 35.3 Å². The standard InChI is InChI=1S/C34H40N8O4/c1-34(2)17-22-19-36-33(39-24-11-10-21(16-26(24)45-4)31(43)37-23-12-14-42(3)15-13-23)40-28(22)29-27(34)30(46-41-29)32(44)38-25(18-35)20-8-6-5-7-9-20/h5-11,16,19,23,25H,12-15,17-18,35H2,1-4H3,(H,37,43)(H,38,44)(H,36,39,40)/t25-/m1/s1. The van der Waals surface area contributed by atoms with E-state index >= 15 is 0 Å². The molecule has 240 valence electrons. The molecule has 0 bridgehead atoms. The molecule has 3 heterocycles. The van der Waals surface area contributed by atoms with Crippen LogP contribution >= 0.6 is 0 Å². The van der Waals surface area contributed by atoms with Crippen molar-refractivity contribution in [1.82, 2.24) is 30.7 Å². The van der Waals surface area contributed by atoms with Crippen LogP contribution in [0.25, 0.3) is 11.4 Å². The third kappa shape index (κ3) is 6.31. The lowest BCUT2D eigenvalue weighted by atomic mass is 9.73. The highest BCUT2D eigenvalue weighted by Crippen LogP contribution is 2.44. The van der Waals surface area contributed by atoms with Gasteiger partial charge in [0.15, 0.2) is 0 Å². The van der Waals surface area contributed by atoms with Crippen LogP contribution in [0.1, 0.15) is 70.3 Å². The van der Waals surface area contributed by atoms with E-state index in [0.717, 1.165) is 37.1 Å². The molecule has 2 aromatic heterocycles. The molecule has 4 aromatic rings. The SMILES string of the molecule is COc1cc(C(=O)NC2CCN(C)CC2)ccc1Nc1ncc2c(n1)-c1noc(C(=O)N[C@H](CN)c3ccccc3)c1C(C)(C)C2. The fourth-order valence-corrected chi connectivity index (χ4v) is 6.27. The van der Waals surface area contributed by atoms with Gasteiger partial charge in [0.1, 0.15) is 17.1 Å². The first-order valence-corrected chi connectivity index (χ1v) is 15.5. The second-order valence-electron chi connectivity index (χ2n) is 12.6. The van der Waals surface area contributed by atoms with Gasteiger partial charge in [-0.05, 0) is 68.7 Å². The first-order valence-electron chi connectivity index (χ1n) is 15.5.